The van der Waals surface area contributed by atoms with Crippen molar-refractivity contribution in [3.05, 3.63) is 52.3 Å². The number of benzene rings is 1. The Hall–Kier alpha value is -2.03. The van der Waals surface area contributed by atoms with Gasteiger partial charge in [0.05, 0.1) is 0 Å². The number of nitrogen functional groups attached to an aromatic ring is 1. The highest BCUT2D eigenvalue weighted by Gasteiger charge is 2.02. The van der Waals surface area contributed by atoms with Crippen LogP contribution in [0, 0.1) is 6.92 Å². The SMILES string of the molecule is Cc1ccccc1-c1cc(N)[nH]c(=O)c1. The summed E-state index contributed by atoms with van der Waals surface area (Å²) in [6, 6.07) is 11.2. The predicted molar refractivity (Wildman–Crippen MR) is 61.6 cm³/mol. The molecule has 0 spiro atoms. The smallest absolute Gasteiger partial charge is 0.250 e. The Morgan fingerprint density at radius 3 is 2.60 bits per heavy atom. The third-order valence-corrected chi connectivity index (χ3v) is 2.32. The second-order valence-corrected chi connectivity index (χ2v) is 3.50. The van der Waals surface area contributed by atoms with E-state index in [0.29, 0.717) is 5.82 Å². The molecule has 0 aliphatic carbocycles. The van der Waals surface area contributed by atoms with Gasteiger partial charge in [0.25, 0.3) is 0 Å². The average Bonchev–Trinajstić information content (AvgIpc) is 2.16. The van der Waals surface area contributed by atoms with Gasteiger partial charge in [-0.1, -0.05) is 24.3 Å². The molecule has 0 saturated carbocycles. The second-order valence-electron chi connectivity index (χ2n) is 3.50. The van der Waals surface area contributed by atoms with Crippen molar-refractivity contribution in [3.63, 3.8) is 0 Å². The molecule has 3 N–H and O–H groups in total. The number of nitrogens with one attached hydrogen (secondary N) is 1. The van der Waals surface area contributed by atoms with E-state index < -0.39 is 0 Å². The highest BCUT2D eigenvalue weighted by Crippen LogP contribution is 2.22. The Kier molecular flexibility index (Phi) is 2.29. The number of pyridine rings is 1. The summed E-state index contributed by atoms with van der Waals surface area (Å²) in [5, 5.41) is 0. The zero-order valence-electron chi connectivity index (χ0n) is 8.45. The highest BCUT2D eigenvalue weighted by atomic mass is 16.1. The summed E-state index contributed by atoms with van der Waals surface area (Å²) in [5.74, 6) is 0.390. The minimum absolute atomic E-state index is 0.173. The Morgan fingerprint density at radius 1 is 1.20 bits per heavy atom. The molecule has 15 heavy (non-hydrogen) atoms. The molecular weight excluding hydrogens is 188 g/mol. The summed E-state index contributed by atoms with van der Waals surface area (Å²) in [6.45, 7) is 2.01. The van der Waals surface area contributed by atoms with Crippen LogP contribution in [0.25, 0.3) is 11.1 Å². The number of aromatic amines is 1. The zero-order chi connectivity index (χ0) is 10.8. The topological polar surface area (TPSA) is 58.9 Å². The standard InChI is InChI=1S/C12H12N2O/c1-8-4-2-3-5-10(8)9-6-11(13)14-12(15)7-9/h2-7H,1H3,(H3,13,14,15). The van der Waals surface area contributed by atoms with E-state index in [1.807, 2.05) is 31.2 Å². The molecular formula is C12H12N2O. The molecule has 1 heterocycles. The molecule has 1 aromatic carbocycles. The molecule has 0 amide bonds. The molecule has 0 aliphatic rings. The van der Waals surface area contributed by atoms with Crippen LogP contribution in [0.4, 0.5) is 5.82 Å². The van der Waals surface area contributed by atoms with E-state index in [0.717, 1.165) is 16.7 Å². The van der Waals surface area contributed by atoms with E-state index >= 15 is 0 Å². The summed E-state index contributed by atoms with van der Waals surface area (Å²) in [5.41, 5.74) is 8.44. The quantitative estimate of drug-likeness (QED) is 0.739. The molecule has 0 unspecified atom stereocenters. The maximum Gasteiger partial charge on any atom is 0.250 e. The monoisotopic (exact) mass is 200 g/mol. The van der Waals surface area contributed by atoms with Crippen molar-refractivity contribution in [2.45, 2.75) is 6.92 Å². The minimum atomic E-state index is -0.173. The molecule has 3 nitrogen and oxygen atoms in total. The first-order valence-electron chi connectivity index (χ1n) is 4.72. The molecule has 76 valence electrons. The van der Waals surface area contributed by atoms with Crippen molar-refractivity contribution in [2.24, 2.45) is 0 Å². The van der Waals surface area contributed by atoms with Gasteiger partial charge in [-0.25, -0.2) is 0 Å². The summed E-state index contributed by atoms with van der Waals surface area (Å²) in [7, 11) is 0. The minimum Gasteiger partial charge on any atom is -0.385 e. The molecule has 0 saturated heterocycles. The molecule has 0 radical (unpaired) electrons. The van der Waals surface area contributed by atoms with Gasteiger partial charge in [0.1, 0.15) is 5.82 Å². The van der Waals surface area contributed by atoms with Gasteiger partial charge in [0, 0.05) is 6.07 Å². The highest BCUT2D eigenvalue weighted by molar-refractivity contribution is 5.68. The lowest BCUT2D eigenvalue weighted by Gasteiger charge is -2.05. The maximum atomic E-state index is 11.3. The summed E-state index contributed by atoms with van der Waals surface area (Å²) in [4.78, 5) is 13.8. The van der Waals surface area contributed by atoms with Crippen molar-refractivity contribution in [1.82, 2.24) is 4.98 Å². The largest absolute Gasteiger partial charge is 0.385 e. The van der Waals surface area contributed by atoms with Gasteiger partial charge in [-0.15, -0.1) is 0 Å². The van der Waals surface area contributed by atoms with Crippen molar-refractivity contribution in [1.29, 1.82) is 0 Å². The Balaban J connectivity index is 2.64. The van der Waals surface area contributed by atoms with E-state index in [1.165, 1.54) is 0 Å². The van der Waals surface area contributed by atoms with Crippen LogP contribution in [0.15, 0.2) is 41.2 Å². The predicted octanol–water partition coefficient (Wildman–Crippen LogP) is 1.93. The van der Waals surface area contributed by atoms with Crippen LogP contribution < -0.4 is 11.3 Å². The zero-order valence-corrected chi connectivity index (χ0v) is 8.45. The number of nitrogens with two attached hydrogens (primary N) is 1. The van der Waals surface area contributed by atoms with E-state index in [4.69, 9.17) is 5.73 Å². The molecule has 3 heteroatoms. The van der Waals surface area contributed by atoms with Crippen molar-refractivity contribution < 1.29 is 0 Å². The first-order valence-corrected chi connectivity index (χ1v) is 4.72. The fraction of sp³-hybridized carbons (Fsp3) is 0.0833. The Morgan fingerprint density at radius 2 is 1.93 bits per heavy atom. The van der Waals surface area contributed by atoms with Crippen LogP contribution in [0.5, 0.6) is 0 Å². The third kappa shape index (κ3) is 1.91. The normalized spacial score (nSPS) is 10.2. The van der Waals surface area contributed by atoms with Gasteiger partial charge in [-0.05, 0) is 29.7 Å². The van der Waals surface area contributed by atoms with E-state index in [1.54, 1.807) is 12.1 Å². The van der Waals surface area contributed by atoms with Crippen LogP contribution in [-0.4, -0.2) is 4.98 Å². The summed E-state index contributed by atoms with van der Waals surface area (Å²) < 4.78 is 0. The Labute approximate surface area is 87.6 Å². The fourth-order valence-electron chi connectivity index (χ4n) is 1.62. The molecule has 0 atom stereocenters. The first-order chi connectivity index (χ1) is 7.16. The van der Waals surface area contributed by atoms with E-state index in [2.05, 4.69) is 4.98 Å². The number of hydrogen-bond acceptors (Lipinski definition) is 2. The molecule has 0 fully saturated rings. The second kappa shape index (κ2) is 3.61. The third-order valence-electron chi connectivity index (χ3n) is 2.32. The van der Waals surface area contributed by atoms with Crippen molar-refractivity contribution in [2.75, 3.05) is 5.73 Å². The molecule has 2 aromatic rings. The van der Waals surface area contributed by atoms with Gasteiger partial charge < -0.3 is 10.7 Å². The number of anilines is 1. The van der Waals surface area contributed by atoms with Crippen LogP contribution in [0.3, 0.4) is 0 Å². The number of hydrogen-bond donors (Lipinski definition) is 2. The lowest BCUT2D eigenvalue weighted by molar-refractivity contribution is 1.25. The molecule has 0 bridgehead atoms. The van der Waals surface area contributed by atoms with Crippen LogP contribution in [0.1, 0.15) is 5.56 Å². The van der Waals surface area contributed by atoms with Crippen LogP contribution >= 0.6 is 0 Å². The fourth-order valence-corrected chi connectivity index (χ4v) is 1.62. The Bertz CT molecular complexity index is 543. The number of rotatable bonds is 1. The summed E-state index contributed by atoms with van der Waals surface area (Å²) in [6.07, 6.45) is 0. The van der Waals surface area contributed by atoms with Crippen LogP contribution in [0.2, 0.25) is 0 Å². The van der Waals surface area contributed by atoms with Gasteiger partial charge in [0.2, 0.25) is 5.56 Å². The lowest BCUT2D eigenvalue weighted by atomic mass is 10.0. The molecule has 0 aliphatic heterocycles. The molecule has 1 aromatic heterocycles. The average molecular weight is 200 g/mol. The van der Waals surface area contributed by atoms with E-state index in [-0.39, 0.29) is 5.56 Å². The first kappa shape index (κ1) is 9.52. The lowest BCUT2D eigenvalue weighted by Crippen LogP contribution is -2.07. The van der Waals surface area contributed by atoms with E-state index in [9.17, 15) is 4.79 Å². The number of aryl methyl sites for hydroxylation is 1. The van der Waals surface area contributed by atoms with Gasteiger partial charge in [-0.2, -0.15) is 0 Å². The molecule has 2 rings (SSSR count). The number of H-pyrrole nitrogens is 1. The van der Waals surface area contributed by atoms with Crippen molar-refractivity contribution in [3.8, 4) is 11.1 Å². The van der Waals surface area contributed by atoms with Gasteiger partial charge in [-0.3, -0.25) is 4.79 Å². The van der Waals surface area contributed by atoms with Gasteiger partial charge >= 0.3 is 0 Å². The van der Waals surface area contributed by atoms with Crippen LogP contribution in [-0.2, 0) is 0 Å². The summed E-state index contributed by atoms with van der Waals surface area (Å²) >= 11 is 0. The number of aromatic nitrogens is 1. The van der Waals surface area contributed by atoms with Gasteiger partial charge in [0.15, 0.2) is 0 Å². The van der Waals surface area contributed by atoms with Crippen molar-refractivity contribution >= 4 is 5.82 Å². The maximum absolute atomic E-state index is 11.3.